The number of hydrogen-bond acceptors (Lipinski definition) is 6. The van der Waals surface area contributed by atoms with Crippen LogP contribution in [0, 0.1) is 12.3 Å². The first-order chi connectivity index (χ1) is 14.9. The molecule has 1 aromatic carbocycles. The zero-order valence-corrected chi connectivity index (χ0v) is 18.7. The van der Waals surface area contributed by atoms with Crippen molar-refractivity contribution in [3.8, 4) is 0 Å². The van der Waals surface area contributed by atoms with Gasteiger partial charge in [-0.15, -0.1) is 0 Å². The summed E-state index contributed by atoms with van der Waals surface area (Å²) in [5.41, 5.74) is 6.88. The average molecular weight is 425 g/mol. The Morgan fingerprint density at radius 1 is 1.16 bits per heavy atom. The normalized spacial score (nSPS) is 19.8. The molecule has 4 rings (SSSR count). The maximum absolute atomic E-state index is 12.9. The van der Waals surface area contributed by atoms with Crippen molar-refractivity contribution >= 4 is 17.3 Å². The lowest BCUT2D eigenvalue weighted by Gasteiger charge is -2.29. The van der Waals surface area contributed by atoms with E-state index < -0.39 is 0 Å². The largest absolute Gasteiger partial charge is 0.455 e. The van der Waals surface area contributed by atoms with E-state index in [9.17, 15) is 4.79 Å². The first-order valence-corrected chi connectivity index (χ1v) is 11.0. The summed E-state index contributed by atoms with van der Waals surface area (Å²) in [5.74, 6) is 1.09. The highest BCUT2D eigenvalue weighted by Crippen LogP contribution is 2.39. The molecular formula is C24H32N4O3. The van der Waals surface area contributed by atoms with Gasteiger partial charge in [0.2, 0.25) is 0 Å². The number of morpholine rings is 1. The van der Waals surface area contributed by atoms with Gasteiger partial charge >= 0.3 is 0 Å². The number of benzene rings is 1. The number of amides is 1. The van der Waals surface area contributed by atoms with Gasteiger partial charge in [0, 0.05) is 43.7 Å². The van der Waals surface area contributed by atoms with E-state index in [1.165, 1.54) is 0 Å². The van der Waals surface area contributed by atoms with Crippen LogP contribution in [0.4, 0.5) is 5.69 Å². The van der Waals surface area contributed by atoms with Crippen LogP contribution in [0.3, 0.4) is 0 Å². The number of rotatable bonds is 6. The fourth-order valence-corrected chi connectivity index (χ4v) is 4.30. The monoisotopic (exact) mass is 424 g/mol. The molecule has 1 aliphatic heterocycles. The number of fused-ring (bicyclic) bond motifs is 1. The van der Waals surface area contributed by atoms with Crippen molar-refractivity contribution in [1.29, 1.82) is 0 Å². The molecule has 1 aromatic heterocycles. The number of carbonyl (C=O) groups excluding carboxylic acids is 1. The van der Waals surface area contributed by atoms with Crippen molar-refractivity contribution in [3.05, 3.63) is 53.0 Å². The van der Waals surface area contributed by atoms with Gasteiger partial charge in [-0.1, -0.05) is 32.0 Å². The third-order valence-corrected chi connectivity index (χ3v) is 5.91. The van der Waals surface area contributed by atoms with Crippen molar-refractivity contribution in [2.75, 3.05) is 44.8 Å². The van der Waals surface area contributed by atoms with Crippen molar-refractivity contribution < 1.29 is 13.9 Å². The van der Waals surface area contributed by atoms with Gasteiger partial charge in [-0.05, 0) is 30.9 Å². The van der Waals surface area contributed by atoms with E-state index in [0.29, 0.717) is 12.3 Å². The number of furan rings is 1. The topological polar surface area (TPSA) is 79.1 Å². The Kier molecular flexibility index (Phi) is 6.43. The van der Waals surface area contributed by atoms with Crippen LogP contribution in [0.15, 0.2) is 39.9 Å². The van der Waals surface area contributed by atoms with Crippen LogP contribution in [-0.4, -0.2) is 55.9 Å². The Labute approximate surface area is 183 Å². The summed E-state index contributed by atoms with van der Waals surface area (Å²) in [6.45, 7) is 11.1. The van der Waals surface area contributed by atoms with Crippen LogP contribution in [0.1, 0.15) is 47.7 Å². The molecule has 1 amide bonds. The number of nitrogens with one attached hydrogen (secondary N) is 2. The molecule has 31 heavy (non-hydrogen) atoms. The molecule has 7 heteroatoms. The number of anilines is 1. The second kappa shape index (κ2) is 9.24. The highest BCUT2D eigenvalue weighted by Gasteiger charge is 2.36. The Morgan fingerprint density at radius 2 is 1.90 bits per heavy atom. The molecule has 0 saturated carbocycles. The highest BCUT2D eigenvalue weighted by atomic mass is 16.5. The first kappa shape index (κ1) is 21.6. The van der Waals surface area contributed by atoms with Crippen LogP contribution < -0.4 is 10.7 Å². The minimum atomic E-state index is -0.159. The van der Waals surface area contributed by atoms with E-state index in [4.69, 9.17) is 14.3 Å². The minimum Gasteiger partial charge on any atom is -0.455 e. The number of para-hydroxylation sites is 1. The van der Waals surface area contributed by atoms with Gasteiger partial charge < -0.3 is 14.5 Å². The van der Waals surface area contributed by atoms with Gasteiger partial charge in [-0.3, -0.25) is 15.1 Å². The Balaban J connectivity index is 1.50. The number of hydrogen-bond donors (Lipinski definition) is 2. The third kappa shape index (κ3) is 5.17. The number of carbonyl (C=O) groups is 1. The highest BCUT2D eigenvalue weighted by molar-refractivity contribution is 6.07. The fraction of sp³-hybridized carbons (Fsp3) is 0.500. The Morgan fingerprint density at radius 3 is 2.65 bits per heavy atom. The fourth-order valence-electron chi connectivity index (χ4n) is 4.30. The molecule has 2 heterocycles. The number of ether oxygens (including phenoxy) is 1. The van der Waals surface area contributed by atoms with E-state index in [0.717, 1.165) is 74.0 Å². The average Bonchev–Trinajstić information content (AvgIpc) is 3.08. The van der Waals surface area contributed by atoms with E-state index in [-0.39, 0.29) is 11.3 Å². The molecule has 166 valence electrons. The molecule has 1 aliphatic carbocycles. The summed E-state index contributed by atoms with van der Waals surface area (Å²) in [4.78, 5) is 15.2. The van der Waals surface area contributed by atoms with E-state index in [2.05, 4.69) is 29.5 Å². The zero-order chi connectivity index (χ0) is 21.8. The van der Waals surface area contributed by atoms with Gasteiger partial charge in [-0.2, -0.15) is 5.10 Å². The van der Waals surface area contributed by atoms with E-state index in [1.54, 1.807) is 0 Å². The van der Waals surface area contributed by atoms with Gasteiger partial charge in [0.15, 0.2) is 5.76 Å². The molecule has 2 aromatic rings. The van der Waals surface area contributed by atoms with Crippen molar-refractivity contribution in [3.63, 3.8) is 0 Å². The quantitative estimate of drug-likeness (QED) is 0.695. The molecule has 7 nitrogen and oxygen atoms in total. The number of nitrogens with zero attached hydrogens (tertiary/aromatic N) is 2. The maximum Gasteiger partial charge on any atom is 0.287 e. The Hall–Kier alpha value is -2.64. The molecule has 0 spiro atoms. The molecule has 0 atom stereocenters. The minimum absolute atomic E-state index is 0.0125. The molecule has 0 radical (unpaired) electrons. The standard InChI is InChI=1S/C24H32N4O3/c1-17-21-19(27-26-18-7-5-4-6-8-18)15-24(2,3)16-20(21)31-22(17)23(29)25-9-10-28-11-13-30-14-12-28/h4-8,26H,9-16H2,1-3H3,(H,25,29)/b27-19-. The molecular weight excluding hydrogens is 392 g/mol. The van der Waals surface area contributed by atoms with Gasteiger partial charge in [0.25, 0.3) is 5.91 Å². The first-order valence-electron chi connectivity index (χ1n) is 11.0. The lowest BCUT2D eigenvalue weighted by molar-refractivity contribution is 0.0382. The van der Waals surface area contributed by atoms with Crippen LogP contribution in [-0.2, 0) is 11.2 Å². The molecule has 0 unspecified atom stereocenters. The molecule has 1 saturated heterocycles. The summed E-state index contributed by atoms with van der Waals surface area (Å²) in [6.07, 6.45) is 1.60. The summed E-state index contributed by atoms with van der Waals surface area (Å²) in [6, 6.07) is 9.88. The van der Waals surface area contributed by atoms with E-state index in [1.807, 2.05) is 37.3 Å². The van der Waals surface area contributed by atoms with Crippen molar-refractivity contribution in [2.45, 2.75) is 33.6 Å². The van der Waals surface area contributed by atoms with Crippen LogP contribution >= 0.6 is 0 Å². The molecule has 1 fully saturated rings. The predicted octanol–water partition coefficient (Wildman–Crippen LogP) is 3.44. The maximum atomic E-state index is 12.9. The molecule has 2 aliphatic rings. The SMILES string of the molecule is Cc1c(C(=O)NCCN2CCOCC2)oc2c1/C(=N\Nc1ccccc1)CC(C)(C)C2. The predicted molar refractivity (Wildman–Crippen MR) is 122 cm³/mol. The van der Waals surface area contributed by atoms with Gasteiger partial charge in [-0.25, -0.2) is 0 Å². The molecule has 2 N–H and O–H groups in total. The second-order valence-corrected chi connectivity index (χ2v) is 9.12. The lowest BCUT2D eigenvalue weighted by Crippen LogP contribution is -2.41. The summed E-state index contributed by atoms with van der Waals surface area (Å²) in [7, 11) is 0. The van der Waals surface area contributed by atoms with E-state index >= 15 is 0 Å². The van der Waals surface area contributed by atoms with Crippen LogP contribution in [0.5, 0.6) is 0 Å². The Bertz CT molecular complexity index is 943. The van der Waals surface area contributed by atoms with Crippen molar-refractivity contribution in [2.24, 2.45) is 10.5 Å². The third-order valence-electron chi connectivity index (χ3n) is 5.91. The van der Waals surface area contributed by atoms with Gasteiger partial charge in [0.1, 0.15) is 5.76 Å². The summed E-state index contributed by atoms with van der Waals surface area (Å²) < 4.78 is 11.5. The summed E-state index contributed by atoms with van der Waals surface area (Å²) >= 11 is 0. The smallest absolute Gasteiger partial charge is 0.287 e. The van der Waals surface area contributed by atoms with Crippen LogP contribution in [0.2, 0.25) is 0 Å². The van der Waals surface area contributed by atoms with Gasteiger partial charge in [0.05, 0.1) is 24.6 Å². The summed E-state index contributed by atoms with van der Waals surface area (Å²) in [5, 5.41) is 7.72. The lowest BCUT2D eigenvalue weighted by atomic mass is 9.75. The number of hydrazone groups is 1. The second-order valence-electron chi connectivity index (χ2n) is 9.12. The molecule has 0 bridgehead atoms. The van der Waals surface area contributed by atoms with Crippen molar-refractivity contribution in [1.82, 2.24) is 10.2 Å². The van der Waals surface area contributed by atoms with Crippen LogP contribution in [0.25, 0.3) is 0 Å². The zero-order valence-electron chi connectivity index (χ0n) is 18.7.